The fourth-order valence-electron chi connectivity index (χ4n) is 1.67. The molecule has 0 saturated heterocycles. The minimum atomic E-state index is -0.867. The van der Waals surface area contributed by atoms with Crippen LogP contribution in [0.25, 0.3) is 0 Å². The fourth-order valence-corrected chi connectivity index (χ4v) is 1.67. The molecule has 2 N–H and O–H groups in total. The van der Waals surface area contributed by atoms with Gasteiger partial charge in [-0.05, 0) is 18.4 Å². The molecule has 0 aliphatic heterocycles. The van der Waals surface area contributed by atoms with Crippen molar-refractivity contribution in [3.05, 3.63) is 35.4 Å². The summed E-state index contributed by atoms with van der Waals surface area (Å²) in [6.07, 6.45) is 0.274. The van der Waals surface area contributed by atoms with Gasteiger partial charge in [0, 0.05) is 19.4 Å². The third-order valence-electron chi connectivity index (χ3n) is 2.67. The maximum Gasteiger partial charge on any atom is 0.303 e. The normalized spacial score (nSPS) is 11.9. The summed E-state index contributed by atoms with van der Waals surface area (Å²) in [5.74, 6) is -1.11. The minimum absolute atomic E-state index is 0.0257. The molecule has 1 amide bonds. The topological polar surface area (TPSA) is 66.4 Å². The molecule has 0 spiro atoms. The Morgan fingerprint density at radius 1 is 1.22 bits per heavy atom. The third-order valence-corrected chi connectivity index (χ3v) is 2.67. The Labute approximate surface area is 107 Å². The summed E-state index contributed by atoms with van der Waals surface area (Å²) in [6, 6.07) is 7.93. The zero-order chi connectivity index (χ0) is 13.5. The number of carboxylic acid groups (broad SMARTS) is 1. The molecular formula is C14H19NO3. The molecule has 4 nitrogen and oxygen atoms in total. The molecule has 0 heterocycles. The van der Waals surface area contributed by atoms with Crippen LogP contribution < -0.4 is 5.32 Å². The summed E-state index contributed by atoms with van der Waals surface area (Å²) in [7, 11) is 0. The van der Waals surface area contributed by atoms with Gasteiger partial charge >= 0.3 is 5.97 Å². The summed E-state index contributed by atoms with van der Waals surface area (Å²) in [4.78, 5) is 22.0. The Kier molecular flexibility index (Phi) is 5.36. The molecular weight excluding hydrogens is 230 g/mol. The lowest BCUT2D eigenvalue weighted by atomic mass is 10.0. The number of nitrogens with one attached hydrogen (secondary N) is 1. The molecule has 0 saturated carbocycles. The van der Waals surface area contributed by atoms with Gasteiger partial charge in [0.15, 0.2) is 0 Å². The molecule has 18 heavy (non-hydrogen) atoms. The predicted molar refractivity (Wildman–Crippen MR) is 69.1 cm³/mol. The highest BCUT2D eigenvalue weighted by molar-refractivity contribution is 5.77. The van der Waals surface area contributed by atoms with Crippen LogP contribution in [0.5, 0.6) is 0 Å². The SMILES string of the molecule is Cc1ccc(CNC(=O)CC(C)CC(=O)O)cc1. The van der Waals surface area contributed by atoms with E-state index in [4.69, 9.17) is 5.11 Å². The number of carboxylic acids is 1. The van der Waals surface area contributed by atoms with Crippen LogP contribution >= 0.6 is 0 Å². The molecule has 1 atom stereocenters. The van der Waals surface area contributed by atoms with Crippen LogP contribution in [0.1, 0.15) is 30.9 Å². The van der Waals surface area contributed by atoms with E-state index in [0.717, 1.165) is 5.56 Å². The molecule has 0 fully saturated rings. The van der Waals surface area contributed by atoms with E-state index >= 15 is 0 Å². The van der Waals surface area contributed by atoms with Gasteiger partial charge in [0.25, 0.3) is 0 Å². The number of amides is 1. The van der Waals surface area contributed by atoms with Crippen LogP contribution in [0.2, 0.25) is 0 Å². The second-order valence-corrected chi connectivity index (χ2v) is 4.67. The highest BCUT2D eigenvalue weighted by atomic mass is 16.4. The van der Waals surface area contributed by atoms with Crippen LogP contribution in [-0.4, -0.2) is 17.0 Å². The largest absolute Gasteiger partial charge is 0.481 e. The van der Waals surface area contributed by atoms with Crippen molar-refractivity contribution in [1.29, 1.82) is 0 Å². The quantitative estimate of drug-likeness (QED) is 0.811. The molecule has 0 radical (unpaired) electrons. The summed E-state index contributed by atoms with van der Waals surface area (Å²) in [6.45, 7) is 4.26. The van der Waals surface area contributed by atoms with Crippen molar-refractivity contribution < 1.29 is 14.7 Å². The van der Waals surface area contributed by atoms with E-state index in [1.165, 1.54) is 5.56 Å². The summed E-state index contributed by atoms with van der Waals surface area (Å²) in [5, 5.41) is 11.4. The summed E-state index contributed by atoms with van der Waals surface area (Å²) >= 11 is 0. The zero-order valence-corrected chi connectivity index (χ0v) is 10.8. The molecule has 0 aromatic heterocycles. The van der Waals surface area contributed by atoms with Crippen molar-refractivity contribution in [3.63, 3.8) is 0 Å². The number of rotatable bonds is 6. The van der Waals surface area contributed by atoms with Gasteiger partial charge in [-0.1, -0.05) is 36.8 Å². The highest BCUT2D eigenvalue weighted by Crippen LogP contribution is 2.07. The summed E-state index contributed by atoms with van der Waals surface area (Å²) < 4.78 is 0. The maximum absolute atomic E-state index is 11.6. The second kappa shape index (κ2) is 6.79. The number of hydrogen-bond donors (Lipinski definition) is 2. The van der Waals surface area contributed by atoms with Crippen molar-refractivity contribution in [2.45, 2.75) is 33.2 Å². The van der Waals surface area contributed by atoms with Gasteiger partial charge in [-0.3, -0.25) is 9.59 Å². The second-order valence-electron chi connectivity index (χ2n) is 4.67. The molecule has 4 heteroatoms. The van der Waals surface area contributed by atoms with Crippen LogP contribution in [0.15, 0.2) is 24.3 Å². The molecule has 1 aromatic carbocycles. The predicted octanol–water partition coefficient (Wildman–Crippen LogP) is 2.11. The third kappa shape index (κ3) is 5.48. The number of hydrogen-bond acceptors (Lipinski definition) is 2. The smallest absolute Gasteiger partial charge is 0.303 e. The molecule has 1 unspecified atom stereocenters. The van der Waals surface area contributed by atoms with Gasteiger partial charge in [0.2, 0.25) is 5.91 Å². The van der Waals surface area contributed by atoms with Gasteiger partial charge in [-0.25, -0.2) is 0 Å². The first-order valence-electron chi connectivity index (χ1n) is 6.01. The number of carbonyl (C=O) groups is 2. The number of carbonyl (C=O) groups excluding carboxylic acids is 1. The van der Waals surface area contributed by atoms with Gasteiger partial charge in [-0.2, -0.15) is 0 Å². The van der Waals surface area contributed by atoms with Crippen molar-refractivity contribution in [3.8, 4) is 0 Å². The van der Waals surface area contributed by atoms with Crippen molar-refractivity contribution in [2.75, 3.05) is 0 Å². The van der Waals surface area contributed by atoms with E-state index in [2.05, 4.69) is 5.32 Å². The van der Waals surface area contributed by atoms with E-state index in [1.54, 1.807) is 6.92 Å². The standard InChI is InChI=1S/C14H19NO3/c1-10-3-5-12(6-4-10)9-15-13(16)7-11(2)8-14(17)18/h3-6,11H,7-9H2,1-2H3,(H,15,16)(H,17,18). The average molecular weight is 249 g/mol. The lowest BCUT2D eigenvalue weighted by Gasteiger charge is -2.09. The molecule has 1 rings (SSSR count). The average Bonchev–Trinajstić information content (AvgIpc) is 2.27. The molecule has 0 aliphatic carbocycles. The first-order chi connectivity index (χ1) is 8.47. The van der Waals surface area contributed by atoms with E-state index in [9.17, 15) is 9.59 Å². The van der Waals surface area contributed by atoms with Gasteiger partial charge < -0.3 is 10.4 Å². The summed E-state index contributed by atoms with van der Waals surface area (Å²) in [5.41, 5.74) is 2.22. The van der Waals surface area contributed by atoms with Crippen molar-refractivity contribution >= 4 is 11.9 Å². The lowest BCUT2D eigenvalue weighted by molar-refractivity contribution is -0.138. The first-order valence-corrected chi connectivity index (χ1v) is 6.01. The van der Waals surface area contributed by atoms with Crippen molar-refractivity contribution in [2.24, 2.45) is 5.92 Å². The highest BCUT2D eigenvalue weighted by Gasteiger charge is 2.12. The van der Waals surface area contributed by atoms with E-state index in [0.29, 0.717) is 6.54 Å². The number of aryl methyl sites for hydroxylation is 1. The fraction of sp³-hybridized carbons (Fsp3) is 0.429. The Hall–Kier alpha value is -1.84. The van der Waals surface area contributed by atoms with Crippen LogP contribution in [0.3, 0.4) is 0 Å². The van der Waals surface area contributed by atoms with Gasteiger partial charge in [-0.15, -0.1) is 0 Å². The minimum Gasteiger partial charge on any atom is -0.481 e. The van der Waals surface area contributed by atoms with Crippen LogP contribution in [0, 0.1) is 12.8 Å². The van der Waals surface area contributed by atoms with Crippen LogP contribution in [-0.2, 0) is 16.1 Å². The molecule has 1 aromatic rings. The molecule has 0 aliphatic rings. The molecule has 0 bridgehead atoms. The van der Waals surface area contributed by atoms with E-state index < -0.39 is 5.97 Å². The van der Waals surface area contributed by atoms with E-state index in [-0.39, 0.29) is 24.7 Å². The Bertz CT molecular complexity index is 412. The Morgan fingerprint density at radius 3 is 2.39 bits per heavy atom. The number of benzene rings is 1. The van der Waals surface area contributed by atoms with Gasteiger partial charge in [0.05, 0.1) is 0 Å². The first kappa shape index (κ1) is 14.2. The lowest BCUT2D eigenvalue weighted by Crippen LogP contribution is -2.25. The zero-order valence-electron chi connectivity index (χ0n) is 10.8. The monoisotopic (exact) mass is 249 g/mol. The van der Waals surface area contributed by atoms with Crippen molar-refractivity contribution in [1.82, 2.24) is 5.32 Å². The van der Waals surface area contributed by atoms with Gasteiger partial charge in [0.1, 0.15) is 0 Å². The Balaban J connectivity index is 2.32. The number of aliphatic carboxylic acids is 1. The molecule has 98 valence electrons. The van der Waals surface area contributed by atoms with Crippen LogP contribution in [0.4, 0.5) is 0 Å². The maximum atomic E-state index is 11.6. The van der Waals surface area contributed by atoms with E-state index in [1.807, 2.05) is 31.2 Å². The Morgan fingerprint density at radius 2 is 1.83 bits per heavy atom.